The summed E-state index contributed by atoms with van der Waals surface area (Å²) in [5, 5.41) is 12.9. The number of fused-ring (bicyclic) bond motifs is 1. The maximum atomic E-state index is 14.0. The van der Waals surface area contributed by atoms with Crippen LogP contribution in [0, 0.1) is 17.1 Å². The van der Waals surface area contributed by atoms with Crippen LogP contribution in [0.4, 0.5) is 16.2 Å². The molecule has 3 N–H and O–H groups in total. The first kappa shape index (κ1) is 22.6. The molecule has 1 atom stereocenters. The second kappa shape index (κ2) is 9.23. The number of benzene rings is 2. The van der Waals surface area contributed by atoms with E-state index in [4.69, 9.17) is 10.7 Å². The molecular formula is C26H19FN8O. The SMILES string of the molecule is C[C@@H](Nc1nc(N)ncc1C#N)c1nc2cccc(-c3cncc(F)c3)c2c(=O)n1-c1ccccc1. The monoisotopic (exact) mass is 478 g/mol. The van der Waals surface area contributed by atoms with E-state index in [0.717, 1.165) is 6.20 Å². The second-order valence-electron chi connectivity index (χ2n) is 8.01. The number of nitriles is 1. The highest BCUT2D eigenvalue weighted by Gasteiger charge is 2.21. The topological polar surface area (TPSA) is 135 Å². The number of nitrogens with zero attached hydrogens (tertiary/aromatic N) is 6. The predicted molar refractivity (Wildman–Crippen MR) is 134 cm³/mol. The fourth-order valence-electron chi connectivity index (χ4n) is 4.02. The third kappa shape index (κ3) is 4.10. The summed E-state index contributed by atoms with van der Waals surface area (Å²) >= 11 is 0. The molecule has 0 aliphatic rings. The van der Waals surface area contributed by atoms with Crippen molar-refractivity contribution in [2.45, 2.75) is 13.0 Å². The van der Waals surface area contributed by atoms with Crippen molar-refractivity contribution in [1.29, 1.82) is 5.26 Å². The summed E-state index contributed by atoms with van der Waals surface area (Å²) in [6, 6.07) is 17.1. The van der Waals surface area contributed by atoms with E-state index in [1.165, 1.54) is 23.0 Å². The highest BCUT2D eigenvalue weighted by molar-refractivity contribution is 5.94. The van der Waals surface area contributed by atoms with Gasteiger partial charge in [-0.25, -0.2) is 14.4 Å². The van der Waals surface area contributed by atoms with Crippen LogP contribution in [-0.2, 0) is 0 Å². The molecule has 9 nitrogen and oxygen atoms in total. The van der Waals surface area contributed by atoms with Crippen LogP contribution in [-0.4, -0.2) is 24.5 Å². The fourth-order valence-corrected chi connectivity index (χ4v) is 4.02. The van der Waals surface area contributed by atoms with Gasteiger partial charge in [0.2, 0.25) is 5.95 Å². The number of para-hydroxylation sites is 1. The van der Waals surface area contributed by atoms with Gasteiger partial charge in [0.15, 0.2) is 0 Å². The molecule has 3 heterocycles. The Morgan fingerprint density at radius 1 is 1.08 bits per heavy atom. The molecule has 0 spiro atoms. The van der Waals surface area contributed by atoms with Crippen LogP contribution in [0.1, 0.15) is 24.4 Å². The Bertz CT molecular complexity index is 1700. The van der Waals surface area contributed by atoms with Gasteiger partial charge >= 0.3 is 0 Å². The number of hydrogen-bond acceptors (Lipinski definition) is 8. The first-order valence-corrected chi connectivity index (χ1v) is 11.0. The average Bonchev–Trinajstić information content (AvgIpc) is 2.89. The summed E-state index contributed by atoms with van der Waals surface area (Å²) in [4.78, 5) is 30.8. The standard InChI is InChI=1S/C26H19FN8O/c1-15(32-23-17(11-28)13-31-26(29)34-23)24-33-21-9-5-8-20(16-10-18(27)14-30-12-16)22(21)25(36)35(24)19-6-3-2-4-7-19/h2-10,12-15H,1H3,(H3,29,31,32,34)/t15-/m1/s1. The third-order valence-electron chi connectivity index (χ3n) is 5.62. The molecule has 176 valence electrons. The van der Waals surface area contributed by atoms with Crippen LogP contribution in [0.25, 0.3) is 27.7 Å². The maximum Gasteiger partial charge on any atom is 0.266 e. The Hall–Kier alpha value is -5.17. The quantitative estimate of drug-likeness (QED) is 0.387. The van der Waals surface area contributed by atoms with Gasteiger partial charge in [-0.15, -0.1) is 0 Å². The lowest BCUT2D eigenvalue weighted by Gasteiger charge is -2.21. The van der Waals surface area contributed by atoms with E-state index in [-0.39, 0.29) is 22.9 Å². The van der Waals surface area contributed by atoms with Gasteiger partial charge in [0, 0.05) is 11.8 Å². The summed E-state index contributed by atoms with van der Waals surface area (Å²) in [5.74, 6) is 0.108. The van der Waals surface area contributed by atoms with Crippen LogP contribution in [0.3, 0.4) is 0 Å². The average molecular weight is 478 g/mol. The number of pyridine rings is 1. The summed E-state index contributed by atoms with van der Waals surface area (Å²) < 4.78 is 15.4. The van der Waals surface area contributed by atoms with Gasteiger partial charge in [-0.05, 0) is 36.8 Å². The Morgan fingerprint density at radius 3 is 2.64 bits per heavy atom. The predicted octanol–water partition coefficient (Wildman–Crippen LogP) is 4.00. The first-order chi connectivity index (χ1) is 17.5. The Labute approximate surface area is 204 Å². The van der Waals surface area contributed by atoms with E-state index in [1.807, 2.05) is 24.3 Å². The lowest BCUT2D eigenvalue weighted by molar-refractivity contribution is 0.622. The largest absolute Gasteiger partial charge is 0.368 e. The summed E-state index contributed by atoms with van der Waals surface area (Å²) in [7, 11) is 0. The number of hydrogen-bond donors (Lipinski definition) is 2. The second-order valence-corrected chi connectivity index (χ2v) is 8.01. The van der Waals surface area contributed by atoms with Crippen LogP contribution in [0.2, 0.25) is 0 Å². The summed E-state index contributed by atoms with van der Waals surface area (Å²) in [6.45, 7) is 1.80. The number of nitrogen functional groups attached to an aromatic ring is 1. The molecule has 0 saturated carbocycles. The first-order valence-electron chi connectivity index (χ1n) is 11.0. The minimum absolute atomic E-state index is 0.00367. The zero-order chi connectivity index (χ0) is 25.2. The smallest absolute Gasteiger partial charge is 0.266 e. The van der Waals surface area contributed by atoms with Crippen molar-refractivity contribution in [3.8, 4) is 22.9 Å². The van der Waals surface area contributed by atoms with E-state index in [2.05, 4.69) is 20.3 Å². The molecule has 2 aromatic carbocycles. The third-order valence-corrected chi connectivity index (χ3v) is 5.62. The molecule has 0 bridgehead atoms. The van der Waals surface area contributed by atoms with Gasteiger partial charge in [-0.1, -0.05) is 30.3 Å². The number of halogens is 1. The molecule has 5 aromatic rings. The molecule has 3 aromatic heterocycles. The van der Waals surface area contributed by atoms with E-state index >= 15 is 0 Å². The Morgan fingerprint density at radius 2 is 1.89 bits per heavy atom. The van der Waals surface area contributed by atoms with Crippen molar-refractivity contribution >= 4 is 22.7 Å². The van der Waals surface area contributed by atoms with Crippen molar-refractivity contribution in [2.24, 2.45) is 0 Å². The molecule has 10 heteroatoms. The molecule has 0 radical (unpaired) electrons. The van der Waals surface area contributed by atoms with E-state index < -0.39 is 11.9 Å². The zero-order valence-electron chi connectivity index (χ0n) is 19.1. The summed E-state index contributed by atoms with van der Waals surface area (Å²) in [6.07, 6.45) is 3.94. The van der Waals surface area contributed by atoms with Gasteiger partial charge in [0.25, 0.3) is 5.56 Å². The molecule has 0 aliphatic heterocycles. The number of rotatable bonds is 5. The molecule has 0 fully saturated rings. The molecule has 36 heavy (non-hydrogen) atoms. The number of aromatic nitrogens is 5. The van der Waals surface area contributed by atoms with Crippen molar-refractivity contribution in [1.82, 2.24) is 24.5 Å². The normalized spacial score (nSPS) is 11.7. The zero-order valence-corrected chi connectivity index (χ0v) is 19.1. The van der Waals surface area contributed by atoms with Gasteiger partial charge in [-0.3, -0.25) is 14.3 Å². The number of anilines is 2. The van der Waals surface area contributed by atoms with Crippen LogP contribution >= 0.6 is 0 Å². The number of nitrogens with one attached hydrogen (secondary N) is 1. The van der Waals surface area contributed by atoms with Gasteiger partial charge in [0.05, 0.1) is 35.0 Å². The van der Waals surface area contributed by atoms with Crippen LogP contribution in [0.15, 0.2) is 78.0 Å². The van der Waals surface area contributed by atoms with Crippen molar-refractivity contribution in [3.63, 3.8) is 0 Å². The maximum absolute atomic E-state index is 14.0. The molecule has 0 amide bonds. The van der Waals surface area contributed by atoms with Gasteiger partial charge < -0.3 is 11.1 Å². The molecule has 0 saturated heterocycles. The van der Waals surface area contributed by atoms with E-state index in [0.29, 0.717) is 33.5 Å². The van der Waals surface area contributed by atoms with Gasteiger partial charge in [-0.2, -0.15) is 10.2 Å². The highest BCUT2D eigenvalue weighted by Crippen LogP contribution is 2.28. The van der Waals surface area contributed by atoms with Gasteiger partial charge in [0.1, 0.15) is 29.1 Å². The molecule has 0 unspecified atom stereocenters. The van der Waals surface area contributed by atoms with Crippen LogP contribution < -0.4 is 16.6 Å². The Balaban J connectivity index is 1.75. The minimum atomic E-state index is -0.566. The van der Waals surface area contributed by atoms with Crippen molar-refractivity contribution in [3.05, 3.63) is 101 Å². The molecule has 0 aliphatic carbocycles. The fraction of sp³-hybridized carbons (Fsp3) is 0.0769. The highest BCUT2D eigenvalue weighted by atomic mass is 19.1. The van der Waals surface area contributed by atoms with E-state index in [1.54, 1.807) is 37.3 Å². The van der Waals surface area contributed by atoms with E-state index in [9.17, 15) is 14.4 Å². The van der Waals surface area contributed by atoms with Crippen LogP contribution in [0.5, 0.6) is 0 Å². The minimum Gasteiger partial charge on any atom is -0.368 e. The Kier molecular flexibility index (Phi) is 5.80. The van der Waals surface area contributed by atoms with Crippen molar-refractivity contribution in [2.75, 3.05) is 11.1 Å². The molecule has 5 rings (SSSR count). The lowest BCUT2D eigenvalue weighted by Crippen LogP contribution is -2.28. The van der Waals surface area contributed by atoms with Crippen molar-refractivity contribution < 1.29 is 4.39 Å². The number of nitrogens with two attached hydrogens (primary N) is 1. The lowest BCUT2D eigenvalue weighted by atomic mass is 10.0. The summed E-state index contributed by atoms with van der Waals surface area (Å²) in [5.41, 5.74) is 7.60. The molecular weight excluding hydrogens is 459 g/mol.